The van der Waals surface area contributed by atoms with Crippen LogP contribution in [-0.4, -0.2) is 27.6 Å². The van der Waals surface area contributed by atoms with Gasteiger partial charge in [-0.1, -0.05) is 20.8 Å². The maximum Gasteiger partial charge on any atom is 0.308 e. The maximum atomic E-state index is 10.6. The topological polar surface area (TPSA) is 75.1 Å². The van der Waals surface area contributed by atoms with Crippen LogP contribution in [0.3, 0.4) is 0 Å². The Labute approximate surface area is 94.9 Å². The van der Waals surface area contributed by atoms with Crippen molar-refractivity contribution in [2.24, 2.45) is 5.92 Å². The van der Waals surface area contributed by atoms with E-state index >= 15 is 0 Å². The number of hydrogen-bond donors (Lipinski definition) is 2. The number of carboxylic acid groups (broad SMARTS) is 1. The molecule has 0 fully saturated rings. The molecule has 1 unspecified atom stereocenters. The van der Waals surface area contributed by atoms with Crippen LogP contribution in [0.5, 0.6) is 0 Å². The first-order valence-electron chi connectivity index (χ1n) is 5.29. The van der Waals surface area contributed by atoms with Gasteiger partial charge >= 0.3 is 5.97 Å². The molecule has 1 aromatic rings. The number of nitrogens with one attached hydrogen (secondary N) is 1. The lowest BCUT2D eigenvalue weighted by atomic mass is 10.1. The molecule has 0 spiro atoms. The second-order valence-electron chi connectivity index (χ2n) is 4.11. The molecular weight excluding hydrogens is 206 g/mol. The Balaban J connectivity index is 2.52. The molecule has 0 aliphatic rings. The van der Waals surface area contributed by atoms with E-state index in [-0.39, 0.29) is 0 Å². The Morgan fingerprint density at radius 3 is 2.38 bits per heavy atom. The molecule has 5 nitrogen and oxygen atoms in total. The minimum atomic E-state index is -0.827. The molecule has 0 radical (unpaired) electrons. The van der Waals surface area contributed by atoms with Gasteiger partial charge in [-0.25, -0.2) is 9.97 Å². The van der Waals surface area contributed by atoms with E-state index in [1.54, 1.807) is 19.3 Å². The standard InChI is InChI=1S/C11H17N3O2/c1-7(2)9-5-13-11(14-6-9)12-4-8(3)10(15)16/h5-8H,4H2,1-3H3,(H,15,16)(H,12,13,14). The first kappa shape index (κ1) is 12.4. The lowest BCUT2D eigenvalue weighted by molar-refractivity contribution is -0.140. The van der Waals surface area contributed by atoms with Crippen molar-refractivity contribution in [3.63, 3.8) is 0 Å². The summed E-state index contributed by atoms with van der Waals surface area (Å²) in [7, 11) is 0. The van der Waals surface area contributed by atoms with Crippen LogP contribution in [0.15, 0.2) is 12.4 Å². The zero-order valence-corrected chi connectivity index (χ0v) is 9.77. The van der Waals surface area contributed by atoms with E-state index < -0.39 is 11.9 Å². The van der Waals surface area contributed by atoms with Crippen molar-refractivity contribution < 1.29 is 9.90 Å². The molecule has 0 aromatic carbocycles. The molecule has 0 aliphatic heterocycles. The zero-order chi connectivity index (χ0) is 12.1. The van der Waals surface area contributed by atoms with Gasteiger partial charge in [-0.15, -0.1) is 0 Å². The smallest absolute Gasteiger partial charge is 0.308 e. The number of anilines is 1. The van der Waals surface area contributed by atoms with E-state index in [4.69, 9.17) is 5.11 Å². The van der Waals surface area contributed by atoms with Crippen molar-refractivity contribution in [3.05, 3.63) is 18.0 Å². The van der Waals surface area contributed by atoms with Crippen molar-refractivity contribution in [3.8, 4) is 0 Å². The molecule has 2 N–H and O–H groups in total. The van der Waals surface area contributed by atoms with Gasteiger partial charge in [0.1, 0.15) is 0 Å². The summed E-state index contributed by atoms with van der Waals surface area (Å²) in [5.74, 6) is -0.413. The summed E-state index contributed by atoms with van der Waals surface area (Å²) in [6.07, 6.45) is 3.51. The molecule has 0 saturated heterocycles. The van der Waals surface area contributed by atoms with E-state index in [0.29, 0.717) is 18.4 Å². The number of carbonyl (C=O) groups is 1. The zero-order valence-electron chi connectivity index (χ0n) is 9.77. The van der Waals surface area contributed by atoms with Crippen molar-refractivity contribution in [1.29, 1.82) is 0 Å². The van der Waals surface area contributed by atoms with Gasteiger partial charge in [-0.3, -0.25) is 4.79 Å². The number of nitrogens with zero attached hydrogens (tertiary/aromatic N) is 2. The summed E-state index contributed by atoms with van der Waals surface area (Å²) in [6.45, 7) is 6.10. The van der Waals surface area contributed by atoms with Crippen LogP contribution in [0.1, 0.15) is 32.3 Å². The van der Waals surface area contributed by atoms with E-state index in [1.807, 2.05) is 0 Å². The van der Waals surface area contributed by atoms with Gasteiger partial charge in [0.05, 0.1) is 5.92 Å². The fraction of sp³-hybridized carbons (Fsp3) is 0.545. The van der Waals surface area contributed by atoms with Crippen LogP contribution in [-0.2, 0) is 4.79 Å². The minimum Gasteiger partial charge on any atom is -0.481 e. The fourth-order valence-electron chi connectivity index (χ4n) is 1.06. The number of aromatic nitrogens is 2. The predicted octanol–water partition coefficient (Wildman–Crippen LogP) is 1.73. The third-order valence-corrected chi connectivity index (χ3v) is 2.33. The Morgan fingerprint density at radius 1 is 1.38 bits per heavy atom. The quantitative estimate of drug-likeness (QED) is 0.795. The highest BCUT2D eigenvalue weighted by Gasteiger charge is 2.10. The van der Waals surface area contributed by atoms with E-state index in [2.05, 4.69) is 29.1 Å². The average Bonchev–Trinajstić information content (AvgIpc) is 2.26. The lowest BCUT2D eigenvalue weighted by Crippen LogP contribution is -2.20. The third-order valence-electron chi connectivity index (χ3n) is 2.33. The highest BCUT2D eigenvalue weighted by Crippen LogP contribution is 2.12. The molecule has 1 aromatic heterocycles. The van der Waals surface area contributed by atoms with Crippen LogP contribution in [0, 0.1) is 5.92 Å². The van der Waals surface area contributed by atoms with Crippen LogP contribution in [0.2, 0.25) is 0 Å². The van der Waals surface area contributed by atoms with Crippen LogP contribution < -0.4 is 5.32 Å². The van der Waals surface area contributed by atoms with Crippen molar-refractivity contribution in [1.82, 2.24) is 9.97 Å². The van der Waals surface area contributed by atoms with Crippen molar-refractivity contribution in [2.75, 3.05) is 11.9 Å². The Bertz CT molecular complexity index is 349. The molecule has 0 saturated carbocycles. The average molecular weight is 223 g/mol. The van der Waals surface area contributed by atoms with E-state index in [0.717, 1.165) is 5.56 Å². The second-order valence-corrected chi connectivity index (χ2v) is 4.11. The van der Waals surface area contributed by atoms with Gasteiger partial charge in [0.15, 0.2) is 0 Å². The molecule has 1 heterocycles. The normalized spacial score (nSPS) is 12.5. The monoisotopic (exact) mass is 223 g/mol. The van der Waals surface area contributed by atoms with Gasteiger partial charge < -0.3 is 10.4 Å². The van der Waals surface area contributed by atoms with Crippen LogP contribution in [0.4, 0.5) is 5.95 Å². The molecule has 0 amide bonds. The molecule has 1 rings (SSSR count). The highest BCUT2D eigenvalue weighted by molar-refractivity contribution is 5.70. The summed E-state index contributed by atoms with van der Waals surface area (Å²) in [6, 6.07) is 0. The summed E-state index contributed by atoms with van der Waals surface area (Å²) >= 11 is 0. The molecule has 1 atom stereocenters. The van der Waals surface area contributed by atoms with Gasteiger partial charge in [-0.05, 0) is 11.5 Å². The number of rotatable bonds is 5. The minimum absolute atomic E-state index is 0.330. The molecule has 5 heteroatoms. The fourth-order valence-corrected chi connectivity index (χ4v) is 1.06. The molecule has 88 valence electrons. The molecule has 16 heavy (non-hydrogen) atoms. The highest BCUT2D eigenvalue weighted by atomic mass is 16.4. The van der Waals surface area contributed by atoms with Gasteiger partial charge in [0.25, 0.3) is 0 Å². The first-order valence-corrected chi connectivity index (χ1v) is 5.29. The van der Waals surface area contributed by atoms with Crippen molar-refractivity contribution in [2.45, 2.75) is 26.7 Å². The lowest BCUT2D eigenvalue weighted by Gasteiger charge is -2.09. The summed E-state index contributed by atoms with van der Waals surface area (Å²) < 4.78 is 0. The third kappa shape index (κ3) is 3.49. The number of carboxylic acids is 1. The van der Waals surface area contributed by atoms with Gasteiger partial charge in [0, 0.05) is 18.9 Å². The maximum absolute atomic E-state index is 10.6. The van der Waals surface area contributed by atoms with Crippen LogP contribution >= 0.6 is 0 Å². The summed E-state index contributed by atoms with van der Waals surface area (Å²) in [5, 5.41) is 11.6. The summed E-state index contributed by atoms with van der Waals surface area (Å²) in [4.78, 5) is 18.8. The summed E-state index contributed by atoms with van der Waals surface area (Å²) in [5.41, 5.74) is 1.07. The molecular formula is C11H17N3O2. The first-order chi connectivity index (χ1) is 7.50. The Morgan fingerprint density at radius 2 is 1.94 bits per heavy atom. The predicted molar refractivity (Wildman–Crippen MR) is 61.4 cm³/mol. The largest absolute Gasteiger partial charge is 0.481 e. The van der Waals surface area contributed by atoms with Crippen LogP contribution in [0.25, 0.3) is 0 Å². The SMILES string of the molecule is CC(CNc1ncc(C(C)C)cn1)C(=O)O. The molecule has 0 aliphatic carbocycles. The number of hydrogen-bond acceptors (Lipinski definition) is 4. The molecule has 0 bridgehead atoms. The Kier molecular flexibility index (Phi) is 4.22. The van der Waals surface area contributed by atoms with Gasteiger partial charge in [0.2, 0.25) is 5.95 Å². The van der Waals surface area contributed by atoms with E-state index in [9.17, 15) is 4.79 Å². The number of aliphatic carboxylic acids is 1. The van der Waals surface area contributed by atoms with E-state index in [1.165, 1.54) is 0 Å². The van der Waals surface area contributed by atoms with Crippen molar-refractivity contribution >= 4 is 11.9 Å². The Hall–Kier alpha value is -1.65. The second kappa shape index (κ2) is 5.44. The van der Waals surface area contributed by atoms with Gasteiger partial charge in [-0.2, -0.15) is 0 Å².